The summed E-state index contributed by atoms with van der Waals surface area (Å²) in [7, 11) is 1.79. The van der Waals surface area contributed by atoms with Crippen molar-refractivity contribution in [1.82, 2.24) is 0 Å². The third kappa shape index (κ3) is 2.08. The van der Waals surface area contributed by atoms with Crippen LogP contribution in [0.3, 0.4) is 0 Å². The zero-order chi connectivity index (χ0) is 13.3. The number of para-hydroxylation sites is 1. The Morgan fingerprint density at radius 1 is 1.44 bits per heavy atom. The smallest absolute Gasteiger partial charge is 0.267 e. The Morgan fingerprint density at radius 2 is 2.17 bits per heavy atom. The first kappa shape index (κ1) is 12.9. The molecule has 0 saturated carbocycles. The van der Waals surface area contributed by atoms with Gasteiger partial charge in [0.2, 0.25) is 0 Å². The Morgan fingerprint density at radius 3 is 2.78 bits per heavy atom. The molecule has 0 fully saturated rings. The first-order chi connectivity index (χ1) is 8.56. The van der Waals surface area contributed by atoms with Crippen LogP contribution in [-0.4, -0.2) is 25.6 Å². The Labute approximate surface area is 108 Å². The maximum absolute atomic E-state index is 12.1. The van der Waals surface area contributed by atoms with Crippen LogP contribution in [0, 0.1) is 0 Å². The quantitative estimate of drug-likeness (QED) is 0.888. The highest BCUT2D eigenvalue weighted by Crippen LogP contribution is 2.39. The van der Waals surface area contributed by atoms with E-state index in [1.54, 1.807) is 11.9 Å². The zero-order valence-corrected chi connectivity index (χ0v) is 11.1. The lowest BCUT2D eigenvalue weighted by atomic mass is 9.99. The molecule has 1 amide bonds. The van der Waals surface area contributed by atoms with Gasteiger partial charge >= 0.3 is 0 Å². The van der Waals surface area contributed by atoms with Gasteiger partial charge in [0.25, 0.3) is 5.91 Å². The lowest BCUT2D eigenvalue weighted by Crippen LogP contribution is -2.45. The summed E-state index contributed by atoms with van der Waals surface area (Å²) >= 11 is 0. The summed E-state index contributed by atoms with van der Waals surface area (Å²) in [4.78, 5) is 13.8. The molecule has 0 saturated heterocycles. The molecule has 0 aromatic heterocycles. The van der Waals surface area contributed by atoms with Crippen molar-refractivity contribution in [1.29, 1.82) is 0 Å². The molecule has 1 atom stereocenters. The normalized spacial score (nSPS) is 18.8. The van der Waals surface area contributed by atoms with Crippen molar-refractivity contribution in [3.05, 3.63) is 23.8 Å². The summed E-state index contributed by atoms with van der Waals surface area (Å²) < 4.78 is 5.88. The number of ether oxygens (including phenoxy) is 1. The molecule has 1 heterocycles. The molecular formula is C14H20N2O2. The van der Waals surface area contributed by atoms with E-state index in [2.05, 4.69) is 13.8 Å². The third-order valence-corrected chi connectivity index (χ3v) is 3.30. The number of likely N-dealkylation sites (N-methyl/N-ethyl adjacent to an activating group) is 1. The molecule has 0 bridgehead atoms. The molecule has 4 heteroatoms. The van der Waals surface area contributed by atoms with Crippen LogP contribution < -0.4 is 15.4 Å². The molecule has 1 unspecified atom stereocenters. The summed E-state index contributed by atoms with van der Waals surface area (Å²) in [6.45, 7) is 4.68. The topological polar surface area (TPSA) is 55.6 Å². The first-order valence-electron chi connectivity index (χ1n) is 6.33. The fourth-order valence-corrected chi connectivity index (χ4v) is 2.25. The predicted octanol–water partition coefficient (Wildman–Crippen LogP) is 1.88. The highest BCUT2D eigenvalue weighted by molar-refractivity contribution is 5.99. The van der Waals surface area contributed by atoms with Crippen LogP contribution in [-0.2, 0) is 4.79 Å². The molecule has 98 valence electrons. The van der Waals surface area contributed by atoms with Gasteiger partial charge in [-0.15, -0.1) is 0 Å². The minimum Gasteiger partial charge on any atom is -0.478 e. The fraction of sp³-hybridized carbons (Fsp3) is 0.500. The lowest BCUT2D eigenvalue weighted by molar-refractivity contribution is -0.126. The van der Waals surface area contributed by atoms with Crippen molar-refractivity contribution in [3.8, 4) is 5.75 Å². The van der Waals surface area contributed by atoms with Crippen molar-refractivity contribution in [3.63, 3.8) is 0 Å². The van der Waals surface area contributed by atoms with Gasteiger partial charge in [-0.1, -0.05) is 26.0 Å². The highest BCUT2D eigenvalue weighted by Gasteiger charge is 2.33. The van der Waals surface area contributed by atoms with Gasteiger partial charge in [-0.3, -0.25) is 4.79 Å². The molecule has 18 heavy (non-hydrogen) atoms. The average Bonchev–Trinajstić information content (AvgIpc) is 2.35. The van der Waals surface area contributed by atoms with Gasteiger partial charge in [0, 0.05) is 13.5 Å². The lowest BCUT2D eigenvalue weighted by Gasteiger charge is -2.33. The van der Waals surface area contributed by atoms with E-state index in [-0.39, 0.29) is 5.91 Å². The van der Waals surface area contributed by atoms with E-state index in [0.29, 0.717) is 18.9 Å². The van der Waals surface area contributed by atoms with E-state index in [0.717, 1.165) is 17.0 Å². The first-order valence-corrected chi connectivity index (χ1v) is 6.33. The van der Waals surface area contributed by atoms with Gasteiger partial charge in [0.15, 0.2) is 6.10 Å². The predicted molar refractivity (Wildman–Crippen MR) is 72.0 cm³/mol. The monoisotopic (exact) mass is 248 g/mol. The van der Waals surface area contributed by atoms with Crippen molar-refractivity contribution in [2.24, 2.45) is 5.73 Å². The van der Waals surface area contributed by atoms with Crippen molar-refractivity contribution < 1.29 is 9.53 Å². The van der Waals surface area contributed by atoms with Crippen LogP contribution in [0.15, 0.2) is 18.2 Å². The Kier molecular flexibility index (Phi) is 3.57. The van der Waals surface area contributed by atoms with E-state index in [1.165, 1.54) is 0 Å². The average molecular weight is 248 g/mol. The molecule has 0 radical (unpaired) electrons. The summed E-state index contributed by atoms with van der Waals surface area (Å²) in [5.41, 5.74) is 7.51. The minimum absolute atomic E-state index is 0.0196. The third-order valence-electron chi connectivity index (χ3n) is 3.30. The number of hydrogen-bond acceptors (Lipinski definition) is 3. The summed E-state index contributed by atoms with van der Waals surface area (Å²) in [6.07, 6.45) is 0.0992. The second-order valence-corrected chi connectivity index (χ2v) is 4.93. The van der Waals surface area contributed by atoms with Crippen LogP contribution in [0.25, 0.3) is 0 Å². The Balaban J connectivity index is 2.45. The Bertz CT molecular complexity index is 457. The minimum atomic E-state index is -0.451. The van der Waals surface area contributed by atoms with E-state index in [4.69, 9.17) is 10.5 Å². The summed E-state index contributed by atoms with van der Waals surface area (Å²) in [6, 6.07) is 5.93. The van der Waals surface area contributed by atoms with E-state index < -0.39 is 6.10 Å². The molecule has 1 aromatic carbocycles. The molecular weight excluding hydrogens is 228 g/mol. The van der Waals surface area contributed by atoms with Gasteiger partial charge in [0.1, 0.15) is 5.75 Å². The highest BCUT2D eigenvalue weighted by atomic mass is 16.5. The van der Waals surface area contributed by atoms with Crippen LogP contribution in [0.5, 0.6) is 5.75 Å². The number of amides is 1. The maximum atomic E-state index is 12.1. The molecule has 0 aliphatic carbocycles. The number of hydrogen-bond donors (Lipinski definition) is 1. The van der Waals surface area contributed by atoms with Crippen LogP contribution in [0.1, 0.15) is 31.7 Å². The van der Waals surface area contributed by atoms with E-state index >= 15 is 0 Å². The van der Waals surface area contributed by atoms with Crippen molar-refractivity contribution in [2.75, 3.05) is 18.5 Å². The number of benzene rings is 1. The molecule has 1 aromatic rings. The van der Waals surface area contributed by atoms with Crippen molar-refractivity contribution in [2.45, 2.75) is 32.3 Å². The van der Waals surface area contributed by atoms with Gasteiger partial charge in [0.05, 0.1) is 5.69 Å². The van der Waals surface area contributed by atoms with E-state index in [9.17, 15) is 4.79 Å². The largest absolute Gasteiger partial charge is 0.478 e. The number of fused-ring (bicyclic) bond motifs is 1. The number of anilines is 1. The van der Waals surface area contributed by atoms with E-state index in [1.807, 2.05) is 18.2 Å². The number of rotatable bonds is 3. The number of nitrogens with zero attached hydrogens (tertiary/aromatic N) is 1. The van der Waals surface area contributed by atoms with Crippen molar-refractivity contribution >= 4 is 11.6 Å². The molecule has 1 aliphatic rings. The summed E-state index contributed by atoms with van der Waals surface area (Å²) in [5, 5.41) is 0. The summed E-state index contributed by atoms with van der Waals surface area (Å²) in [5.74, 6) is 1.17. The Hall–Kier alpha value is -1.55. The second-order valence-electron chi connectivity index (χ2n) is 4.93. The van der Waals surface area contributed by atoms with Gasteiger partial charge < -0.3 is 15.4 Å². The number of carbonyl (C=O) groups is 1. The molecule has 2 N–H and O–H groups in total. The maximum Gasteiger partial charge on any atom is 0.267 e. The molecule has 4 nitrogen and oxygen atoms in total. The zero-order valence-electron chi connectivity index (χ0n) is 11.1. The van der Waals surface area contributed by atoms with Crippen LogP contribution >= 0.6 is 0 Å². The molecule has 1 aliphatic heterocycles. The molecule has 2 rings (SSSR count). The fourth-order valence-electron chi connectivity index (χ4n) is 2.25. The standard InChI is InChI=1S/C14H20N2O2/c1-9(2)10-5-4-6-11-13(10)18-12(7-8-15)14(17)16(11)3/h4-6,9,12H,7-8,15H2,1-3H3. The van der Waals surface area contributed by atoms with Gasteiger partial charge in [-0.25, -0.2) is 0 Å². The second kappa shape index (κ2) is 4.98. The van der Waals surface area contributed by atoms with Gasteiger partial charge in [-0.2, -0.15) is 0 Å². The SMILES string of the molecule is CC(C)c1cccc2c1OC(CCN)C(=O)N2C. The van der Waals surface area contributed by atoms with Gasteiger partial charge in [-0.05, 0) is 24.1 Å². The van der Waals surface area contributed by atoms with Crippen LogP contribution in [0.2, 0.25) is 0 Å². The van der Waals surface area contributed by atoms with Crippen LogP contribution in [0.4, 0.5) is 5.69 Å². The number of carbonyl (C=O) groups excluding carboxylic acids is 1. The molecule has 0 spiro atoms. The number of nitrogens with two attached hydrogens (primary N) is 1.